The zero-order valence-corrected chi connectivity index (χ0v) is 40.8. The molecule has 63 heavy (non-hydrogen) atoms. The first kappa shape index (κ1) is 59.5. The maximum Gasteiger partial charge on any atom is 0.306 e. The average Bonchev–Trinajstić information content (AvgIpc) is 3.28. The number of aliphatic hydroxyl groups excluding tert-OH is 4. The fourth-order valence-electron chi connectivity index (χ4n) is 8.44. The molecule has 1 fully saturated rings. The van der Waals surface area contributed by atoms with Crippen LogP contribution >= 0.6 is 0 Å². The molecule has 0 saturated carbocycles. The normalized spacial score (nSPS) is 19.5. The molecule has 2 unspecified atom stereocenters. The summed E-state index contributed by atoms with van der Waals surface area (Å²) in [5.41, 5.74) is 0. The number of aliphatic hydroxyl groups is 4. The van der Waals surface area contributed by atoms with Crippen molar-refractivity contribution in [2.75, 3.05) is 19.8 Å². The van der Waals surface area contributed by atoms with Gasteiger partial charge in [0.25, 0.3) is 0 Å². The molecule has 10 heteroatoms. The Labute approximate surface area is 386 Å². The number of rotatable bonds is 46. The van der Waals surface area contributed by atoms with Crippen LogP contribution in [0.3, 0.4) is 0 Å². The third-order valence-corrected chi connectivity index (χ3v) is 12.7. The fraction of sp³-hybridized carbons (Fsp3) is 0.925. The first-order chi connectivity index (χ1) is 30.8. The quantitative estimate of drug-likeness (QED) is 0.0264. The van der Waals surface area contributed by atoms with Gasteiger partial charge in [0.2, 0.25) is 0 Å². The van der Waals surface area contributed by atoms with Crippen molar-refractivity contribution in [2.24, 2.45) is 0 Å². The van der Waals surface area contributed by atoms with E-state index in [0.717, 1.165) is 32.1 Å². The van der Waals surface area contributed by atoms with E-state index in [2.05, 4.69) is 19.9 Å². The van der Waals surface area contributed by atoms with E-state index in [0.29, 0.717) is 6.42 Å². The lowest BCUT2D eigenvalue weighted by Gasteiger charge is -2.39. The molecule has 1 aliphatic rings. The van der Waals surface area contributed by atoms with Crippen molar-refractivity contribution < 1.29 is 49.0 Å². The van der Waals surface area contributed by atoms with E-state index in [-0.39, 0.29) is 32.0 Å². The summed E-state index contributed by atoms with van der Waals surface area (Å²) in [6.45, 7) is 3.44. The molecular formula is C53H100O10. The Balaban J connectivity index is 2.21. The molecule has 0 spiro atoms. The van der Waals surface area contributed by atoms with Crippen LogP contribution in [0.25, 0.3) is 0 Å². The van der Waals surface area contributed by atoms with E-state index in [1.807, 2.05) is 6.08 Å². The number of hydrogen-bond donors (Lipinski definition) is 4. The van der Waals surface area contributed by atoms with Gasteiger partial charge in [0.1, 0.15) is 31.0 Å². The summed E-state index contributed by atoms with van der Waals surface area (Å²) in [6, 6.07) is 0. The smallest absolute Gasteiger partial charge is 0.306 e. The third-order valence-electron chi connectivity index (χ3n) is 12.7. The van der Waals surface area contributed by atoms with Gasteiger partial charge in [0.05, 0.1) is 13.2 Å². The average molecular weight is 897 g/mol. The Morgan fingerprint density at radius 3 is 1.30 bits per heavy atom. The predicted molar refractivity (Wildman–Crippen MR) is 256 cm³/mol. The summed E-state index contributed by atoms with van der Waals surface area (Å²) in [4.78, 5) is 25.4. The highest BCUT2D eigenvalue weighted by molar-refractivity contribution is 5.70. The fourth-order valence-corrected chi connectivity index (χ4v) is 8.44. The summed E-state index contributed by atoms with van der Waals surface area (Å²) in [5, 5.41) is 40.2. The molecular weight excluding hydrogens is 797 g/mol. The molecule has 1 aliphatic heterocycles. The van der Waals surface area contributed by atoms with Gasteiger partial charge in [0, 0.05) is 12.8 Å². The van der Waals surface area contributed by atoms with Gasteiger partial charge in [0.15, 0.2) is 12.4 Å². The highest BCUT2D eigenvalue weighted by Gasteiger charge is 2.44. The standard InChI is InChI=1S/C53H100O10/c1-3-5-7-9-11-13-15-17-19-20-21-22-23-24-25-26-28-29-31-33-35-37-39-41-48(55)60-44-46(45-61-53-52(59)51(58)50(57)47(43-54)63-53)62-49(56)42-40-38-36-34-32-30-27-18-16-14-12-10-8-6-4-2/h36,38,46-47,50-54,57-59H,3-35,37,39-45H2,1-2H3/b38-36+/t46-,47-,50+,51?,52?,53-/m0/s1. The van der Waals surface area contributed by atoms with E-state index in [1.54, 1.807) is 0 Å². The van der Waals surface area contributed by atoms with Crippen molar-refractivity contribution >= 4 is 11.9 Å². The molecule has 0 bridgehead atoms. The number of carbonyl (C=O) groups is 2. The van der Waals surface area contributed by atoms with Crippen molar-refractivity contribution in [2.45, 2.75) is 295 Å². The van der Waals surface area contributed by atoms with Crippen molar-refractivity contribution in [1.82, 2.24) is 0 Å². The van der Waals surface area contributed by atoms with Crippen LogP contribution in [-0.4, -0.2) is 89.0 Å². The molecule has 10 nitrogen and oxygen atoms in total. The Kier molecular flexibility index (Phi) is 41.8. The largest absolute Gasteiger partial charge is 0.462 e. The van der Waals surface area contributed by atoms with Crippen LogP contribution < -0.4 is 0 Å². The molecule has 1 saturated heterocycles. The lowest BCUT2D eigenvalue weighted by Crippen LogP contribution is -2.59. The molecule has 372 valence electrons. The summed E-state index contributed by atoms with van der Waals surface area (Å²) < 4.78 is 22.2. The molecule has 0 radical (unpaired) electrons. The molecule has 6 atom stereocenters. The number of carbonyl (C=O) groups excluding carboxylic acids is 2. The number of unbranched alkanes of at least 4 members (excludes halogenated alkanes) is 33. The number of esters is 2. The number of ether oxygens (including phenoxy) is 4. The lowest BCUT2D eigenvalue weighted by atomic mass is 9.99. The third kappa shape index (κ3) is 35.3. The highest BCUT2D eigenvalue weighted by atomic mass is 16.7. The monoisotopic (exact) mass is 897 g/mol. The van der Waals surface area contributed by atoms with Crippen molar-refractivity contribution in [3.8, 4) is 0 Å². The Bertz CT molecular complexity index is 1040. The van der Waals surface area contributed by atoms with Gasteiger partial charge in [-0.1, -0.05) is 231 Å². The SMILES string of the molecule is CCCCCCCCCCCCC/C=C/CCC(=O)O[C@@H](COC(=O)CCCCCCCCCCCCCCCCCCCCCCCCC)CO[C@H]1O[C@@H](CO)[C@@H](O)C(O)C1O. The molecule has 0 aliphatic carbocycles. The van der Waals surface area contributed by atoms with Gasteiger partial charge in [-0.05, 0) is 25.7 Å². The van der Waals surface area contributed by atoms with E-state index < -0.39 is 49.4 Å². The van der Waals surface area contributed by atoms with Gasteiger partial charge in [-0.15, -0.1) is 0 Å². The van der Waals surface area contributed by atoms with Crippen LogP contribution in [0.15, 0.2) is 12.2 Å². The molecule has 0 aromatic heterocycles. The molecule has 0 aromatic rings. The second-order valence-corrected chi connectivity index (χ2v) is 18.7. The van der Waals surface area contributed by atoms with Crippen LogP contribution in [0, 0.1) is 0 Å². The zero-order chi connectivity index (χ0) is 45.9. The summed E-state index contributed by atoms with van der Waals surface area (Å²) in [6.07, 6.45) is 42.4. The van der Waals surface area contributed by atoms with Crippen molar-refractivity contribution in [3.63, 3.8) is 0 Å². The first-order valence-corrected chi connectivity index (χ1v) is 26.8. The second-order valence-electron chi connectivity index (χ2n) is 18.7. The zero-order valence-electron chi connectivity index (χ0n) is 40.8. The van der Waals surface area contributed by atoms with Crippen LogP contribution in [0.2, 0.25) is 0 Å². The summed E-state index contributed by atoms with van der Waals surface area (Å²) >= 11 is 0. The molecule has 4 N–H and O–H groups in total. The van der Waals surface area contributed by atoms with Crippen LogP contribution in [-0.2, 0) is 28.5 Å². The Morgan fingerprint density at radius 2 is 0.873 bits per heavy atom. The molecule has 1 rings (SSSR count). The second kappa shape index (κ2) is 44.3. The van der Waals surface area contributed by atoms with E-state index in [1.165, 1.54) is 193 Å². The summed E-state index contributed by atoms with van der Waals surface area (Å²) in [5.74, 6) is -0.847. The lowest BCUT2D eigenvalue weighted by molar-refractivity contribution is -0.305. The molecule has 0 amide bonds. The number of hydrogen-bond acceptors (Lipinski definition) is 10. The summed E-state index contributed by atoms with van der Waals surface area (Å²) in [7, 11) is 0. The van der Waals surface area contributed by atoms with Crippen molar-refractivity contribution in [1.29, 1.82) is 0 Å². The minimum atomic E-state index is -1.60. The maximum absolute atomic E-state index is 12.8. The van der Waals surface area contributed by atoms with Gasteiger partial charge >= 0.3 is 11.9 Å². The maximum atomic E-state index is 12.8. The van der Waals surface area contributed by atoms with Gasteiger partial charge < -0.3 is 39.4 Å². The molecule has 1 heterocycles. The Morgan fingerprint density at radius 1 is 0.476 bits per heavy atom. The topological polar surface area (TPSA) is 152 Å². The molecule has 0 aromatic carbocycles. The minimum Gasteiger partial charge on any atom is -0.462 e. The highest BCUT2D eigenvalue weighted by Crippen LogP contribution is 2.23. The van der Waals surface area contributed by atoms with Crippen LogP contribution in [0.5, 0.6) is 0 Å². The first-order valence-electron chi connectivity index (χ1n) is 26.8. The predicted octanol–water partition coefficient (Wildman–Crippen LogP) is 12.7. The van der Waals surface area contributed by atoms with Gasteiger partial charge in [-0.25, -0.2) is 0 Å². The number of allylic oxidation sites excluding steroid dienone is 2. The van der Waals surface area contributed by atoms with Gasteiger partial charge in [-0.3, -0.25) is 9.59 Å². The Hall–Kier alpha value is -1.56. The minimum absolute atomic E-state index is 0.152. The van der Waals surface area contributed by atoms with E-state index in [9.17, 15) is 30.0 Å². The van der Waals surface area contributed by atoms with E-state index >= 15 is 0 Å². The van der Waals surface area contributed by atoms with Crippen LogP contribution in [0.1, 0.15) is 258 Å². The van der Waals surface area contributed by atoms with E-state index in [4.69, 9.17) is 18.9 Å². The van der Waals surface area contributed by atoms with Crippen molar-refractivity contribution in [3.05, 3.63) is 12.2 Å². The van der Waals surface area contributed by atoms with Gasteiger partial charge in [-0.2, -0.15) is 0 Å². The van der Waals surface area contributed by atoms with Crippen LogP contribution in [0.4, 0.5) is 0 Å².